The van der Waals surface area contributed by atoms with Gasteiger partial charge in [-0.3, -0.25) is 0 Å². The van der Waals surface area contributed by atoms with Gasteiger partial charge in [0.2, 0.25) is 5.96 Å². The highest BCUT2D eigenvalue weighted by Gasteiger charge is 2.00. The number of H-pyrrole nitrogens is 1. The first-order valence-electron chi connectivity index (χ1n) is 4.16. The summed E-state index contributed by atoms with van der Waals surface area (Å²) in [6.07, 6.45) is 3.56. The highest BCUT2D eigenvalue weighted by Crippen LogP contribution is 1.88. The molecule has 13 heavy (non-hydrogen) atoms. The van der Waals surface area contributed by atoms with Gasteiger partial charge in [-0.1, -0.05) is 0 Å². The van der Waals surface area contributed by atoms with Crippen LogP contribution in [0.3, 0.4) is 0 Å². The van der Waals surface area contributed by atoms with E-state index in [9.17, 15) is 0 Å². The van der Waals surface area contributed by atoms with Crippen molar-refractivity contribution in [3.8, 4) is 0 Å². The molecule has 2 heterocycles. The maximum atomic E-state index is 4.13. The van der Waals surface area contributed by atoms with E-state index in [1.165, 1.54) is 0 Å². The minimum absolute atomic E-state index is 0.739. The minimum Gasteiger partial charge on any atom is -0.360 e. The van der Waals surface area contributed by atoms with E-state index in [1.807, 2.05) is 18.3 Å². The fourth-order valence-corrected chi connectivity index (χ4v) is 1.06. The normalized spacial score (nSPS) is 15.8. The summed E-state index contributed by atoms with van der Waals surface area (Å²) >= 11 is 0. The highest BCUT2D eigenvalue weighted by atomic mass is 15.4. The number of nitrogens with one attached hydrogen (secondary N) is 3. The van der Waals surface area contributed by atoms with Crippen LogP contribution in [-0.2, 0) is 0 Å². The SMILES string of the molecule is C(=NNC1=NCCN1)c1ccc[nH]1. The standard InChI is InChI=1S/C8H11N5/c1-2-7(9-3-1)6-12-13-8-10-4-5-11-8/h1-3,6,9H,4-5H2,(H2,10,11,13). The number of aliphatic imine (C=N–C) groups is 1. The number of aromatic nitrogens is 1. The van der Waals surface area contributed by atoms with Gasteiger partial charge in [0.25, 0.3) is 0 Å². The van der Waals surface area contributed by atoms with Gasteiger partial charge in [-0.05, 0) is 12.1 Å². The van der Waals surface area contributed by atoms with Gasteiger partial charge in [0.15, 0.2) is 0 Å². The van der Waals surface area contributed by atoms with Crippen LogP contribution in [0.25, 0.3) is 0 Å². The molecule has 0 fully saturated rings. The van der Waals surface area contributed by atoms with Gasteiger partial charge in [-0.2, -0.15) is 5.10 Å². The third kappa shape index (κ3) is 2.08. The summed E-state index contributed by atoms with van der Waals surface area (Å²) in [5, 5.41) is 7.05. The summed E-state index contributed by atoms with van der Waals surface area (Å²) in [6, 6.07) is 3.86. The predicted molar refractivity (Wildman–Crippen MR) is 51.8 cm³/mol. The minimum atomic E-state index is 0.739. The van der Waals surface area contributed by atoms with Gasteiger partial charge in [-0.15, -0.1) is 0 Å². The Labute approximate surface area is 76.0 Å². The fraction of sp³-hybridized carbons (Fsp3) is 0.250. The second-order valence-electron chi connectivity index (χ2n) is 2.65. The fourth-order valence-electron chi connectivity index (χ4n) is 1.06. The molecule has 0 aromatic carbocycles. The first-order valence-corrected chi connectivity index (χ1v) is 4.16. The average Bonchev–Trinajstić information content (AvgIpc) is 2.75. The lowest BCUT2D eigenvalue weighted by molar-refractivity contribution is 0.919. The highest BCUT2D eigenvalue weighted by molar-refractivity contribution is 5.83. The molecule has 1 aromatic rings. The summed E-state index contributed by atoms with van der Waals surface area (Å²) in [4.78, 5) is 7.14. The van der Waals surface area contributed by atoms with Crippen LogP contribution < -0.4 is 10.7 Å². The molecule has 1 aliphatic rings. The Morgan fingerprint density at radius 1 is 1.62 bits per heavy atom. The second-order valence-corrected chi connectivity index (χ2v) is 2.65. The van der Waals surface area contributed by atoms with Gasteiger partial charge >= 0.3 is 0 Å². The van der Waals surface area contributed by atoms with Crippen molar-refractivity contribution >= 4 is 12.2 Å². The summed E-state index contributed by atoms with van der Waals surface area (Å²) in [5.41, 5.74) is 3.77. The second kappa shape index (κ2) is 3.75. The number of hydrogen-bond donors (Lipinski definition) is 3. The lowest BCUT2D eigenvalue weighted by Gasteiger charge is -1.97. The number of aromatic amines is 1. The number of rotatable bonds is 2. The quantitative estimate of drug-likeness (QED) is 0.436. The topological polar surface area (TPSA) is 64.6 Å². The zero-order valence-electron chi connectivity index (χ0n) is 7.12. The van der Waals surface area contributed by atoms with Crippen molar-refractivity contribution in [2.45, 2.75) is 0 Å². The van der Waals surface area contributed by atoms with E-state index in [0.717, 1.165) is 24.7 Å². The van der Waals surface area contributed by atoms with Gasteiger partial charge in [-0.25, -0.2) is 10.4 Å². The summed E-state index contributed by atoms with van der Waals surface area (Å²) in [6.45, 7) is 1.71. The van der Waals surface area contributed by atoms with Crippen LogP contribution in [0.15, 0.2) is 28.4 Å². The first-order chi connectivity index (χ1) is 6.45. The third-order valence-electron chi connectivity index (χ3n) is 1.67. The van der Waals surface area contributed by atoms with Crippen LogP contribution in [0, 0.1) is 0 Å². The Morgan fingerprint density at radius 3 is 3.31 bits per heavy atom. The molecule has 0 unspecified atom stereocenters. The van der Waals surface area contributed by atoms with E-state index in [-0.39, 0.29) is 0 Å². The lowest BCUT2D eigenvalue weighted by Crippen LogP contribution is -2.30. The molecular formula is C8H11N5. The van der Waals surface area contributed by atoms with Crippen molar-refractivity contribution in [2.75, 3.05) is 13.1 Å². The molecular weight excluding hydrogens is 166 g/mol. The van der Waals surface area contributed by atoms with E-state index in [2.05, 4.69) is 25.8 Å². The van der Waals surface area contributed by atoms with Crippen molar-refractivity contribution in [3.63, 3.8) is 0 Å². The number of nitrogens with zero attached hydrogens (tertiary/aromatic N) is 2. The Bertz CT molecular complexity index is 311. The van der Waals surface area contributed by atoms with Gasteiger partial charge in [0, 0.05) is 12.7 Å². The predicted octanol–water partition coefficient (Wildman–Crippen LogP) is -0.103. The zero-order chi connectivity index (χ0) is 8.93. The van der Waals surface area contributed by atoms with Crippen molar-refractivity contribution < 1.29 is 0 Å². The molecule has 0 atom stereocenters. The molecule has 0 radical (unpaired) electrons. The van der Waals surface area contributed by atoms with Gasteiger partial charge in [0.1, 0.15) is 0 Å². The molecule has 1 aliphatic heterocycles. The maximum absolute atomic E-state index is 4.13. The molecule has 3 N–H and O–H groups in total. The molecule has 5 heteroatoms. The number of guanidine groups is 1. The smallest absolute Gasteiger partial charge is 0.212 e. The van der Waals surface area contributed by atoms with Crippen LogP contribution >= 0.6 is 0 Å². The molecule has 0 saturated heterocycles. The van der Waals surface area contributed by atoms with Crippen LogP contribution in [0.1, 0.15) is 5.69 Å². The van der Waals surface area contributed by atoms with Crippen LogP contribution in [0.5, 0.6) is 0 Å². The molecule has 5 nitrogen and oxygen atoms in total. The molecule has 0 amide bonds. The van der Waals surface area contributed by atoms with E-state index in [1.54, 1.807) is 6.21 Å². The van der Waals surface area contributed by atoms with Crippen molar-refractivity contribution in [1.29, 1.82) is 0 Å². The first kappa shape index (κ1) is 7.85. The lowest BCUT2D eigenvalue weighted by atomic mass is 10.5. The molecule has 0 spiro atoms. The number of hydrazone groups is 1. The summed E-state index contributed by atoms with van der Waals surface area (Å²) in [5.74, 6) is 0.739. The molecule has 0 bridgehead atoms. The largest absolute Gasteiger partial charge is 0.360 e. The zero-order valence-corrected chi connectivity index (χ0v) is 7.12. The molecule has 0 aliphatic carbocycles. The van der Waals surface area contributed by atoms with Gasteiger partial charge < -0.3 is 10.3 Å². The maximum Gasteiger partial charge on any atom is 0.212 e. The van der Waals surface area contributed by atoms with Crippen LogP contribution in [0.4, 0.5) is 0 Å². The molecule has 68 valence electrons. The Morgan fingerprint density at radius 2 is 2.62 bits per heavy atom. The van der Waals surface area contributed by atoms with E-state index in [4.69, 9.17) is 0 Å². The molecule has 1 aromatic heterocycles. The van der Waals surface area contributed by atoms with Crippen molar-refractivity contribution in [3.05, 3.63) is 24.0 Å². The van der Waals surface area contributed by atoms with Crippen molar-refractivity contribution in [2.24, 2.45) is 10.1 Å². The monoisotopic (exact) mass is 177 g/mol. The van der Waals surface area contributed by atoms with E-state index >= 15 is 0 Å². The Kier molecular flexibility index (Phi) is 2.26. The molecule has 2 rings (SSSR count). The van der Waals surface area contributed by atoms with Crippen LogP contribution in [0.2, 0.25) is 0 Å². The summed E-state index contributed by atoms with van der Waals surface area (Å²) in [7, 11) is 0. The Hall–Kier alpha value is -1.78. The van der Waals surface area contributed by atoms with E-state index < -0.39 is 0 Å². The third-order valence-corrected chi connectivity index (χ3v) is 1.67. The summed E-state index contributed by atoms with van der Waals surface area (Å²) < 4.78 is 0. The van der Waals surface area contributed by atoms with Crippen LogP contribution in [-0.4, -0.2) is 30.2 Å². The Balaban J connectivity index is 1.85. The van der Waals surface area contributed by atoms with Crippen molar-refractivity contribution in [1.82, 2.24) is 15.7 Å². The average molecular weight is 177 g/mol. The molecule has 0 saturated carbocycles. The number of hydrogen-bond acceptors (Lipinski definition) is 4. The van der Waals surface area contributed by atoms with E-state index in [0.29, 0.717) is 0 Å². The van der Waals surface area contributed by atoms with Gasteiger partial charge in [0.05, 0.1) is 18.5 Å².